The van der Waals surface area contributed by atoms with Crippen LogP contribution in [0.2, 0.25) is 0 Å². The fourth-order valence-corrected chi connectivity index (χ4v) is 6.00. The van der Waals surface area contributed by atoms with Crippen molar-refractivity contribution in [1.82, 2.24) is 14.7 Å². The second kappa shape index (κ2) is 10.6. The fraction of sp³-hybridized carbons (Fsp3) is 0.536. The molecular formula is C28H37N3O3. The molecule has 0 saturated carbocycles. The maximum Gasteiger partial charge on any atom is 0.236 e. The Morgan fingerprint density at radius 3 is 2.47 bits per heavy atom. The van der Waals surface area contributed by atoms with E-state index in [2.05, 4.69) is 70.2 Å². The van der Waals surface area contributed by atoms with Crippen molar-refractivity contribution in [1.29, 1.82) is 0 Å². The molecule has 0 aliphatic carbocycles. The topological polar surface area (TPSA) is 56.2 Å². The molecule has 0 bridgehead atoms. The highest BCUT2D eigenvalue weighted by molar-refractivity contribution is 5.78. The summed E-state index contributed by atoms with van der Waals surface area (Å²) in [6.45, 7) is 8.43. The van der Waals surface area contributed by atoms with Gasteiger partial charge in [-0.1, -0.05) is 48.5 Å². The number of aliphatic hydroxyl groups excluding tert-OH is 1. The Kier molecular flexibility index (Phi) is 7.30. The summed E-state index contributed by atoms with van der Waals surface area (Å²) in [5, 5.41) is 10.2. The molecule has 2 aromatic rings. The summed E-state index contributed by atoms with van der Waals surface area (Å²) in [7, 11) is 0. The number of ether oxygens (including phenoxy) is 1. The SMILES string of the molecule is Cc1ccccc1-c1ccc([C@H]2[C@H]3CN(C(=O)CN4CCOCC4)CCCCN3[C@H]2CO)cc1. The molecular weight excluding hydrogens is 426 g/mol. The normalized spacial score (nSPS) is 26.3. The molecule has 3 fully saturated rings. The number of hydrogen-bond donors (Lipinski definition) is 1. The van der Waals surface area contributed by atoms with E-state index in [1.54, 1.807) is 0 Å². The molecule has 0 spiro atoms. The minimum atomic E-state index is 0.128. The molecule has 3 heterocycles. The Bertz CT molecular complexity index is 973. The first-order valence-electron chi connectivity index (χ1n) is 12.8. The zero-order valence-corrected chi connectivity index (χ0v) is 20.2. The van der Waals surface area contributed by atoms with Crippen LogP contribution in [0.1, 0.15) is 29.9 Å². The number of fused-ring (bicyclic) bond motifs is 1. The number of benzene rings is 2. The Morgan fingerprint density at radius 1 is 1.00 bits per heavy atom. The van der Waals surface area contributed by atoms with Crippen molar-refractivity contribution in [2.45, 2.75) is 37.8 Å². The highest BCUT2D eigenvalue weighted by atomic mass is 16.5. The predicted octanol–water partition coefficient (Wildman–Crippen LogP) is 2.75. The van der Waals surface area contributed by atoms with Crippen LogP contribution in [0.3, 0.4) is 0 Å². The maximum atomic E-state index is 13.2. The van der Waals surface area contributed by atoms with Gasteiger partial charge in [0.2, 0.25) is 5.91 Å². The van der Waals surface area contributed by atoms with Crippen molar-refractivity contribution < 1.29 is 14.6 Å². The van der Waals surface area contributed by atoms with Crippen LogP contribution in [0.5, 0.6) is 0 Å². The first-order valence-corrected chi connectivity index (χ1v) is 12.8. The molecule has 0 aromatic heterocycles. The van der Waals surface area contributed by atoms with Crippen LogP contribution in [-0.4, -0.2) is 96.9 Å². The highest BCUT2D eigenvalue weighted by Gasteiger charge is 2.49. The molecule has 1 N–H and O–H groups in total. The number of carbonyl (C=O) groups is 1. The summed E-state index contributed by atoms with van der Waals surface area (Å²) in [6, 6.07) is 17.7. The van der Waals surface area contributed by atoms with Crippen molar-refractivity contribution in [3.63, 3.8) is 0 Å². The van der Waals surface area contributed by atoms with Crippen LogP contribution in [0.15, 0.2) is 48.5 Å². The van der Waals surface area contributed by atoms with Gasteiger partial charge in [0.15, 0.2) is 0 Å². The minimum Gasteiger partial charge on any atom is -0.395 e. The lowest BCUT2D eigenvalue weighted by atomic mass is 9.74. The summed E-state index contributed by atoms with van der Waals surface area (Å²) >= 11 is 0. The van der Waals surface area contributed by atoms with Gasteiger partial charge in [-0.05, 0) is 48.6 Å². The molecule has 3 atom stereocenters. The van der Waals surface area contributed by atoms with Crippen LogP contribution >= 0.6 is 0 Å². The number of amides is 1. The Balaban J connectivity index is 1.33. The van der Waals surface area contributed by atoms with Gasteiger partial charge in [-0.15, -0.1) is 0 Å². The monoisotopic (exact) mass is 463 g/mol. The Hall–Kier alpha value is -2.25. The van der Waals surface area contributed by atoms with E-state index >= 15 is 0 Å². The molecule has 34 heavy (non-hydrogen) atoms. The van der Waals surface area contributed by atoms with Crippen LogP contribution in [0.4, 0.5) is 0 Å². The molecule has 1 amide bonds. The van der Waals surface area contributed by atoms with E-state index in [4.69, 9.17) is 4.74 Å². The van der Waals surface area contributed by atoms with Gasteiger partial charge in [-0.25, -0.2) is 0 Å². The van der Waals surface area contributed by atoms with E-state index in [9.17, 15) is 9.90 Å². The van der Waals surface area contributed by atoms with Gasteiger partial charge in [0, 0.05) is 44.2 Å². The molecule has 0 radical (unpaired) electrons. The quantitative estimate of drug-likeness (QED) is 0.739. The van der Waals surface area contributed by atoms with Crippen LogP contribution in [0.25, 0.3) is 11.1 Å². The van der Waals surface area contributed by atoms with Gasteiger partial charge in [-0.2, -0.15) is 0 Å². The third-order valence-electron chi connectivity index (χ3n) is 7.94. The summed E-state index contributed by atoms with van der Waals surface area (Å²) < 4.78 is 5.44. The van der Waals surface area contributed by atoms with E-state index in [1.807, 2.05) is 0 Å². The van der Waals surface area contributed by atoms with Crippen molar-refractivity contribution in [3.8, 4) is 11.1 Å². The lowest BCUT2D eigenvalue weighted by Crippen LogP contribution is -2.68. The molecule has 0 unspecified atom stereocenters. The van der Waals surface area contributed by atoms with E-state index in [1.165, 1.54) is 22.3 Å². The molecule has 3 aliphatic rings. The number of hydrogen-bond acceptors (Lipinski definition) is 5. The van der Waals surface area contributed by atoms with Gasteiger partial charge in [0.05, 0.1) is 26.4 Å². The lowest BCUT2D eigenvalue weighted by Gasteiger charge is -2.57. The molecule has 3 saturated heterocycles. The van der Waals surface area contributed by atoms with Crippen molar-refractivity contribution in [3.05, 3.63) is 59.7 Å². The van der Waals surface area contributed by atoms with Gasteiger partial charge in [-0.3, -0.25) is 14.6 Å². The van der Waals surface area contributed by atoms with Crippen LogP contribution in [-0.2, 0) is 9.53 Å². The highest BCUT2D eigenvalue weighted by Crippen LogP contribution is 2.42. The number of aryl methyl sites for hydroxylation is 1. The fourth-order valence-electron chi connectivity index (χ4n) is 6.00. The molecule has 6 nitrogen and oxygen atoms in total. The number of nitrogens with zero attached hydrogens (tertiary/aromatic N) is 3. The molecule has 5 rings (SSSR count). The second-order valence-electron chi connectivity index (χ2n) is 9.95. The van der Waals surface area contributed by atoms with Gasteiger partial charge in [0.25, 0.3) is 0 Å². The smallest absolute Gasteiger partial charge is 0.236 e. The molecule has 182 valence electrons. The molecule has 6 heteroatoms. The summed E-state index contributed by atoms with van der Waals surface area (Å²) in [6.07, 6.45) is 2.08. The first kappa shape index (κ1) is 23.5. The minimum absolute atomic E-state index is 0.128. The van der Waals surface area contributed by atoms with E-state index in [0.29, 0.717) is 19.8 Å². The molecule has 3 aliphatic heterocycles. The van der Waals surface area contributed by atoms with Gasteiger partial charge >= 0.3 is 0 Å². The van der Waals surface area contributed by atoms with Crippen molar-refractivity contribution in [2.24, 2.45) is 0 Å². The zero-order chi connectivity index (χ0) is 23.5. The summed E-state index contributed by atoms with van der Waals surface area (Å²) in [5.41, 5.74) is 5.01. The predicted molar refractivity (Wildman–Crippen MR) is 134 cm³/mol. The standard InChI is InChI=1S/C28H37N3O3/c1-21-6-2-3-7-24(21)22-8-10-23(11-9-22)28-25-18-30(12-4-5-13-31(25)26(28)20-32)27(33)19-29-14-16-34-17-15-29/h2-3,6-11,25-26,28,32H,4-5,12-20H2,1H3/t25-,26+,28+/m1/s1. The number of rotatable bonds is 5. The average Bonchev–Trinajstić information content (AvgIpc) is 2.84. The third kappa shape index (κ3) is 4.78. The number of carbonyl (C=O) groups excluding carboxylic acids is 1. The zero-order valence-electron chi connectivity index (χ0n) is 20.2. The van der Waals surface area contributed by atoms with E-state index in [0.717, 1.165) is 45.6 Å². The Morgan fingerprint density at radius 2 is 1.74 bits per heavy atom. The number of aliphatic hydroxyl groups is 1. The van der Waals surface area contributed by atoms with Crippen LogP contribution < -0.4 is 0 Å². The van der Waals surface area contributed by atoms with E-state index in [-0.39, 0.29) is 30.5 Å². The largest absolute Gasteiger partial charge is 0.395 e. The van der Waals surface area contributed by atoms with Crippen molar-refractivity contribution in [2.75, 3.05) is 59.1 Å². The summed E-state index contributed by atoms with van der Waals surface area (Å²) in [5.74, 6) is 0.470. The average molecular weight is 464 g/mol. The number of morpholine rings is 1. The maximum absolute atomic E-state index is 13.2. The second-order valence-corrected chi connectivity index (χ2v) is 9.95. The summed E-state index contributed by atoms with van der Waals surface area (Å²) in [4.78, 5) is 19.9. The van der Waals surface area contributed by atoms with E-state index < -0.39 is 0 Å². The van der Waals surface area contributed by atoms with Crippen molar-refractivity contribution >= 4 is 5.91 Å². The first-order chi connectivity index (χ1) is 16.7. The lowest BCUT2D eigenvalue weighted by molar-refractivity contribution is -0.138. The van der Waals surface area contributed by atoms with Gasteiger partial charge in [0.1, 0.15) is 0 Å². The third-order valence-corrected chi connectivity index (χ3v) is 7.94. The van der Waals surface area contributed by atoms with Crippen LogP contribution in [0, 0.1) is 6.92 Å². The Labute approximate surface area is 203 Å². The molecule has 2 aromatic carbocycles. The van der Waals surface area contributed by atoms with Gasteiger partial charge < -0.3 is 14.7 Å².